The van der Waals surface area contributed by atoms with E-state index in [0.29, 0.717) is 24.3 Å². The van der Waals surface area contributed by atoms with Crippen LogP contribution in [0.25, 0.3) is 20.8 Å². The first-order valence-corrected chi connectivity index (χ1v) is 12.1. The largest absolute Gasteiger partial charge is 0.327 e. The van der Waals surface area contributed by atoms with Crippen molar-refractivity contribution in [1.82, 2.24) is 20.2 Å². The van der Waals surface area contributed by atoms with Crippen LogP contribution in [0.4, 0.5) is 5.00 Å². The molecular weight excluding hydrogens is 416 g/mol. The minimum absolute atomic E-state index is 0. The topological polar surface area (TPSA) is 96.2 Å². The van der Waals surface area contributed by atoms with E-state index >= 15 is 0 Å². The molecule has 2 aliphatic heterocycles. The Labute approximate surface area is 188 Å². The Morgan fingerprint density at radius 1 is 1.37 bits per heavy atom. The SMILES string of the molecule is NC1[C@H]2CN(CCC(=O)Nc3sc4c(c3-c3nc5cnccc5s3)CCNC4)C[C@@H]12.[HH].[HH].[HH].[HH]. The van der Waals surface area contributed by atoms with Gasteiger partial charge in [0.25, 0.3) is 0 Å². The molecule has 4 N–H and O–H groups in total. The number of nitrogens with two attached hydrogens (primary N) is 1. The number of thiophene rings is 1. The van der Waals surface area contributed by atoms with E-state index in [0.717, 1.165) is 64.9 Å². The predicted molar refractivity (Wildman–Crippen MR) is 129 cm³/mol. The second-order valence-corrected chi connectivity index (χ2v) is 10.6. The van der Waals surface area contributed by atoms with Crippen molar-refractivity contribution in [2.24, 2.45) is 17.6 Å². The lowest BCUT2D eigenvalue weighted by atomic mass is 10.0. The third kappa shape index (κ3) is 3.25. The van der Waals surface area contributed by atoms with Crippen molar-refractivity contribution in [1.29, 1.82) is 0 Å². The maximum atomic E-state index is 12.8. The van der Waals surface area contributed by atoms with Crippen LogP contribution in [0.1, 0.15) is 22.6 Å². The first-order valence-electron chi connectivity index (χ1n) is 10.5. The number of aromatic nitrogens is 2. The molecule has 3 aromatic heterocycles. The van der Waals surface area contributed by atoms with Crippen LogP contribution in [0.15, 0.2) is 18.5 Å². The van der Waals surface area contributed by atoms with Crippen LogP contribution >= 0.6 is 22.7 Å². The van der Waals surface area contributed by atoms with Crippen molar-refractivity contribution in [3.8, 4) is 10.6 Å². The average molecular weight is 449 g/mol. The molecule has 7 nitrogen and oxygen atoms in total. The summed E-state index contributed by atoms with van der Waals surface area (Å²) in [4.78, 5) is 25.5. The molecule has 0 radical (unpaired) electrons. The van der Waals surface area contributed by atoms with Gasteiger partial charge in [-0.1, -0.05) is 0 Å². The second-order valence-electron chi connectivity index (χ2n) is 8.46. The number of thiazole rings is 1. The average Bonchev–Trinajstić information content (AvgIpc) is 3.20. The number of hydrogen-bond acceptors (Lipinski definition) is 8. The molecule has 3 aliphatic rings. The number of anilines is 1. The molecular formula is C21H32N6OS2. The van der Waals surface area contributed by atoms with Crippen molar-refractivity contribution in [3.05, 3.63) is 28.9 Å². The zero-order valence-electron chi connectivity index (χ0n) is 16.6. The lowest BCUT2D eigenvalue weighted by Crippen LogP contribution is -2.31. The van der Waals surface area contributed by atoms with Gasteiger partial charge in [0.2, 0.25) is 5.91 Å². The fraction of sp³-hybridized carbons (Fsp3) is 0.476. The summed E-state index contributed by atoms with van der Waals surface area (Å²) in [5.74, 6) is 1.39. The molecule has 30 heavy (non-hydrogen) atoms. The molecule has 0 spiro atoms. The number of nitrogens with one attached hydrogen (secondary N) is 2. The van der Waals surface area contributed by atoms with Gasteiger partial charge in [-0.3, -0.25) is 9.78 Å². The highest BCUT2D eigenvalue weighted by Crippen LogP contribution is 2.45. The molecule has 6 rings (SSSR count). The van der Waals surface area contributed by atoms with E-state index in [-0.39, 0.29) is 11.6 Å². The van der Waals surface area contributed by atoms with Crippen LogP contribution in [-0.4, -0.2) is 53.0 Å². The van der Waals surface area contributed by atoms with Gasteiger partial charge in [0, 0.05) is 61.0 Å². The van der Waals surface area contributed by atoms with Crippen LogP contribution in [0.5, 0.6) is 0 Å². The number of rotatable bonds is 5. The summed E-state index contributed by atoms with van der Waals surface area (Å²) in [6.07, 6.45) is 5.08. The standard InChI is InChI=1S/C21H24N6OS2.4H2/c22-19-12-9-27(10-13(12)19)6-3-17(28)26-21-18(11-1-4-24-8-16(11)30-21)20-25-14-7-23-5-2-15(14)29-20;;;;/h2,5,7,12-13,19,24H,1,3-4,6,8-10,22H2,(H,26,28);4*1H/t12-,13+,19?;;;;. The number of piperidine rings is 1. The van der Waals surface area contributed by atoms with Gasteiger partial charge in [0.05, 0.1) is 10.9 Å². The number of nitrogens with zero attached hydrogens (tertiary/aromatic N) is 3. The van der Waals surface area contributed by atoms with Crippen molar-refractivity contribution in [2.45, 2.75) is 25.4 Å². The van der Waals surface area contributed by atoms with E-state index in [9.17, 15) is 4.79 Å². The van der Waals surface area contributed by atoms with Crippen LogP contribution in [0, 0.1) is 11.8 Å². The van der Waals surface area contributed by atoms with E-state index in [1.165, 1.54) is 10.4 Å². The molecule has 3 atom stereocenters. The van der Waals surface area contributed by atoms with Gasteiger partial charge in [0.15, 0.2) is 0 Å². The molecule has 2 fully saturated rings. The third-order valence-electron chi connectivity index (χ3n) is 6.58. The Hall–Kier alpha value is -1.91. The molecule has 1 aliphatic carbocycles. The molecule has 1 saturated carbocycles. The van der Waals surface area contributed by atoms with Crippen LogP contribution in [0.3, 0.4) is 0 Å². The Bertz CT molecular complexity index is 1100. The summed E-state index contributed by atoms with van der Waals surface area (Å²) in [5, 5.41) is 8.57. The minimum Gasteiger partial charge on any atom is -0.327 e. The van der Waals surface area contributed by atoms with Gasteiger partial charge < -0.3 is 21.3 Å². The lowest BCUT2D eigenvalue weighted by Gasteiger charge is -2.18. The second kappa shape index (κ2) is 7.35. The maximum Gasteiger partial charge on any atom is 0.226 e. The van der Waals surface area contributed by atoms with Gasteiger partial charge >= 0.3 is 0 Å². The molecule has 1 amide bonds. The molecule has 9 heteroatoms. The van der Waals surface area contributed by atoms with E-state index in [2.05, 4.69) is 20.5 Å². The van der Waals surface area contributed by atoms with Gasteiger partial charge in [0.1, 0.15) is 15.5 Å². The Morgan fingerprint density at radius 3 is 3.07 bits per heavy atom. The quantitative estimate of drug-likeness (QED) is 0.554. The fourth-order valence-corrected chi connectivity index (χ4v) is 7.14. The van der Waals surface area contributed by atoms with E-state index in [1.54, 1.807) is 35.1 Å². The van der Waals surface area contributed by atoms with Gasteiger partial charge in [-0.05, 0) is 36.4 Å². The minimum atomic E-state index is 0. The highest BCUT2D eigenvalue weighted by molar-refractivity contribution is 7.22. The first kappa shape index (κ1) is 18.8. The van der Waals surface area contributed by atoms with Crippen molar-refractivity contribution in [2.75, 3.05) is 31.5 Å². The van der Waals surface area contributed by atoms with Crippen molar-refractivity contribution >= 4 is 43.8 Å². The molecule has 164 valence electrons. The Morgan fingerprint density at radius 2 is 2.23 bits per heavy atom. The fourth-order valence-electron chi connectivity index (χ4n) is 4.83. The summed E-state index contributed by atoms with van der Waals surface area (Å²) < 4.78 is 1.12. The normalized spacial score (nSPS) is 25.3. The smallest absolute Gasteiger partial charge is 0.226 e. The van der Waals surface area contributed by atoms with E-state index < -0.39 is 0 Å². The molecule has 3 aromatic rings. The van der Waals surface area contributed by atoms with Gasteiger partial charge in [-0.25, -0.2) is 4.98 Å². The van der Waals surface area contributed by atoms with Gasteiger partial charge in [-0.15, -0.1) is 22.7 Å². The highest BCUT2D eigenvalue weighted by atomic mass is 32.1. The third-order valence-corrected chi connectivity index (χ3v) is 8.78. The monoisotopic (exact) mass is 448 g/mol. The number of likely N-dealkylation sites (tertiary alicyclic amines) is 1. The molecule has 5 heterocycles. The first-order chi connectivity index (χ1) is 14.7. The highest BCUT2D eigenvalue weighted by Gasteiger charge is 2.53. The summed E-state index contributed by atoms with van der Waals surface area (Å²) in [5.41, 5.74) is 9.37. The summed E-state index contributed by atoms with van der Waals surface area (Å²) in [7, 11) is 0. The van der Waals surface area contributed by atoms with Crippen LogP contribution in [-0.2, 0) is 17.8 Å². The number of carbonyl (C=O) groups excluding carboxylic acids is 1. The number of hydrogen-bond donors (Lipinski definition) is 3. The molecule has 1 unspecified atom stereocenters. The molecule has 0 bridgehead atoms. The van der Waals surface area contributed by atoms with Gasteiger partial charge in [-0.2, -0.15) is 0 Å². The van der Waals surface area contributed by atoms with Crippen LogP contribution in [0.2, 0.25) is 0 Å². The summed E-state index contributed by atoms with van der Waals surface area (Å²) in [6.45, 7) is 4.70. The molecule has 0 aromatic carbocycles. The van der Waals surface area contributed by atoms with Crippen molar-refractivity contribution in [3.63, 3.8) is 0 Å². The maximum absolute atomic E-state index is 12.8. The number of pyridine rings is 1. The zero-order chi connectivity index (χ0) is 20.2. The number of fused-ring (bicyclic) bond motifs is 3. The predicted octanol–water partition coefficient (Wildman–Crippen LogP) is 3.27. The summed E-state index contributed by atoms with van der Waals surface area (Å²) >= 11 is 3.36. The van der Waals surface area contributed by atoms with Crippen LogP contribution < -0.4 is 16.4 Å². The Kier molecular flexibility index (Phi) is 4.61. The van der Waals surface area contributed by atoms with E-state index in [4.69, 9.17) is 10.7 Å². The molecule has 1 saturated heterocycles. The van der Waals surface area contributed by atoms with E-state index in [1.807, 2.05) is 6.07 Å². The Balaban J connectivity index is 0.00000102. The number of amides is 1. The number of carbonyl (C=O) groups is 1. The lowest BCUT2D eigenvalue weighted by molar-refractivity contribution is -0.116. The van der Waals surface area contributed by atoms with Crippen molar-refractivity contribution < 1.29 is 10.5 Å². The zero-order valence-corrected chi connectivity index (χ0v) is 18.2. The summed E-state index contributed by atoms with van der Waals surface area (Å²) in [6, 6.07) is 2.40.